The van der Waals surface area contributed by atoms with E-state index in [-0.39, 0.29) is 5.91 Å². The number of nitrogens with zero attached hydrogens (tertiary/aromatic N) is 1. The minimum absolute atomic E-state index is 0.285. The average Bonchev–Trinajstić information content (AvgIpc) is 2.47. The number of rotatable bonds is 4. The molecule has 0 aliphatic carbocycles. The van der Waals surface area contributed by atoms with E-state index in [9.17, 15) is 4.79 Å². The van der Waals surface area contributed by atoms with Crippen LogP contribution in [-0.2, 0) is 0 Å². The Morgan fingerprint density at radius 3 is 2.52 bits per heavy atom. The fourth-order valence-corrected chi connectivity index (χ4v) is 2.02. The first-order chi connectivity index (χ1) is 10.1. The van der Waals surface area contributed by atoms with Crippen molar-refractivity contribution >= 4 is 23.7 Å². The molecule has 3 nitrogen and oxygen atoms in total. The van der Waals surface area contributed by atoms with Crippen LogP contribution in [0.1, 0.15) is 41.3 Å². The highest BCUT2D eigenvalue weighted by Crippen LogP contribution is 2.14. The van der Waals surface area contributed by atoms with Gasteiger partial charge in [0.1, 0.15) is 0 Å². The van der Waals surface area contributed by atoms with Gasteiger partial charge in [-0.2, -0.15) is 5.10 Å². The molecule has 0 heterocycles. The van der Waals surface area contributed by atoms with E-state index in [4.69, 9.17) is 11.6 Å². The van der Waals surface area contributed by atoms with Crippen molar-refractivity contribution in [3.63, 3.8) is 0 Å². The van der Waals surface area contributed by atoms with E-state index in [0.29, 0.717) is 16.5 Å². The van der Waals surface area contributed by atoms with Crippen molar-refractivity contribution in [2.24, 2.45) is 5.10 Å². The summed E-state index contributed by atoms with van der Waals surface area (Å²) < 4.78 is 0. The van der Waals surface area contributed by atoms with Gasteiger partial charge in [-0.15, -0.1) is 0 Å². The lowest BCUT2D eigenvalue weighted by molar-refractivity contribution is 0.0955. The van der Waals surface area contributed by atoms with Crippen LogP contribution in [0.15, 0.2) is 53.6 Å². The van der Waals surface area contributed by atoms with Crippen LogP contribution in [-0.4, -0.2) is 12.1 Å². The van der Waals surface area contributed by atoms with Gasteiger partial charge in [-0.25, -0.2) is 5.43 Å². The van der Waals surface area contributed by atoms with Gasteiger partial charge in [0.25, 0.3) is 5.91 Å². The molecule has 2 aromatic carbocycles. The summed E-state index contributed by atoms with van der Waals surface area (Å²) in [5.41, 5.74) is 5.17. The van der Waals surface area contributed by atoms with Crippen molar-refractivity contribution in [2.75, 3.05) is 0 Å². The van der Waals surface area contributed by atoms with Crippen LogP contribution in [0.5, 0.6) is 0 Å². The van der Waals surface area contributed by atoms with Crippen molar-refractivity contribution in [2.45, 2.75) is 19.8 Å². The van der Waals surface area contributed by atoms with Crippen LogP contribution in [0, 0.1) is 0 Å². The lowest BCUT2D eigenvalue weighted by Gasteiger charge is -2.04. The summed E-state index contributed by atoms with van der Waals surface area (Å²) in [6, 6.07) is 14.8. The zero-order chi connectivity index (χ0) is 15.2. The molecule has 2 aromatic rings. The molecule has 4 heteroatoms. The number of nitrogens with one attached hydrogen (secondary N) is 1. The van der Waals surface area contributed by atoms with E-state index in [2.05, 4.69) is 36.5 Å². The lowest BCUT2D eigenvalue weighted by atomic mass is 10.0. The minimum Gasteiger partial charge on any atom is -0.267 e. The number of hydrazone groups is 1. The molecule has 0 bridgehead atoms. The lowest BCUT2D eigenvalue weighted by Crippen LogP contribution is -2.17. The molecule has 1 amide bonds. The van der Waals surface area contributed by atoms with Crippen molar-refractivity contribution in [1.29, 1.82) is 0 Å². The van der Waals surface area contributed by atoms with Gasteiger partial charge in [-0.3, -0.25) is 4.79 Å². The number of hydrogen-bond acceptors (Lipinski definition) is 2. The molecule has 0 fully saturated rings. The smallest absolute Gasteiger partial charge is 0.267 e. The molecule has 0 aliphatic heterocycles. The first-order valence-corrected chi connectivity index (χ1v) is 7.13. The molecule has 108 valence electrons. The van der Waals surface area contributed by atoms with E-state index in [1.165, 1.54) is 5.56 Å². The van der Waals surface area contributed by atoms with Gasteiger partial charge in [0.05, 0.1) is 6.21 Å². The number of hydrogen-bond donors (Lipinski definition) is 1. The maximum Gasteiger partial charge on any atom is 0.271 e. The summed E-state index contributed by atoms with van der Waals surface area (Å²) in [6.07, 6.45) is 1.62. The summed E-state index contributed by atoms with van der Waals surface area (Å²) in [5, 5.41) is 4.48. The fraction of sp³-hybridized carbons (Fsp3) is 0.176. The van der Waals surface area contributed by atoms with Gasteiger partial charge in [0, 0.05) is 10.6 Å². The molecule has 0 radical (unpaired) electrons. The molecule has 0 aromatic heterocycles. The highest BCUT2D eigenvalue weighted by atomic mass is 35.5. The first-order valence-electron chi connectivity index (χ1n) is 6.75. The Bertz CT molecular complexity index is 648. The maximum absolute atomic E-state index is 11.8. The Labute approximate surface area is 129 Å². The normalized spacial score (nSPS) is 11.0. The van der Waals surface area contributed by atoms with Crippen molar-refractivity contribution in [3.8, 4) is 0 Å². The van der Waals surface area contributed by atoms with Gasteiger partial charge in [0.15, 0.2) is 0 Å². The fourth-order valence-electron chi connectivity index (χ4n) is 1.83. The number of amides is 1. The molecule has 2 rings (SSSR count). The number of carbonyl (C=O) groups excluding carboxylic acids is 1. The van der Waals surface area contributed by atoms with E-state index in [1.54, 1.807) is 30.5 Å². The quantitative estimate of drug-likeness (QED) is 0.666. The minimum atomic E-state index is -0.285. The third-order valence-electron chi connectivity index (χ3n) is 3.07. The van der Waals surface area contributed by atoms with Gasteiger partial charge in [0.2, 0.25) is 0 Å². The topological polar surface area (TPSA) is 41.5 Å². The second kappa shape index (κ2) is 7.04. The molecule has 21 heavy (non-hydrogen) atoms. The van der Waals surface area contributed by atoms with Crippen LogP contribution >= 0.6 is 11.6 Å². The molecular formula is C17H17ClN2O. The molecule has 1 N–H and O–H groups in total. The predicted octanol–water partition coefficient (Wildman–Crippen LogP) is 4.23. The van der Waals surface area contributed by atoms with Crippen LogP contribution in [0.25, 0.3) is 0 Å². The van der Waals surface area contributed by atoms with Crippen molar-refractivity contribution < 1.29 is 4.79 Å². The average molecular weight is 301 g/mol. The zero-order valence-electron chi connectivity index (χ0n) is 12.0. The summed E-state index contributed by atoms with van der Waals surface area (Å²) in [4.78, 5) is 11.8. The Morgan fingerprint density at radius 1 is 1.19 bits per heavy atom. The molecular weight excluding hydrogens is 284 g/mol. The molecule has 0 saturated heterocycles. The molecule has 0 unspecified atom stereocenters. The highest BCUT2D eigenvalue weighted by Gasteiger charge is 2.03. The van der Waals surface area contributed by atoms with Crippen molar-refractivity contribution in [1.82, 2.24) is 5.43 Å². The van der Waals surface area contributed by atoms with E-state index in [1.807, 2.05) is 12.1 Å². The SMILES string of the molecule is CC(C)c1ccc(/C=N\NC(=O)c2cccc(Cl)c2)cc1. The Hall–Kier alpha value is -2.13. The first kappa shape index (κ1) is 15.3. The number of halogens is 1. The summed E-state index contributed by atoms with van der Waals surface area (Å²) >= 11 is 5.84. The molecule has 0 spiro atoms. The van der Waals surface area contributed by atoms with Gasteiger partial charge in [-0.1, -0.05) is 55.8 Å². The van der Waals surface area contributed by atoms with Crippen LogP contribution < -0.4 is 5.43 Å². The predicted molar refractivity (Wildman–Crippen MR) is 87.0 cm³/mol. The van der Waals surface area contributed by atoms with Gasteiger partial charge >= 0.3 is 0 Å². The Morgan fingerprint density at radius 2 is 1.90 bits per heavy atom. The third-order valence-corrected chi connectivity index (χ3v) is 3.30. The van der Waals surface area contributed by atoms with Crippen LogP contribution in [0.4, 0.5) is 0 Å². The molecule has 0 aliphatic rings. The number of carbonyl (C=O) groups is 1. The summed E-state index contributed by atoms with van der Waals surface area (Å²) in [7, 11) is 0. The maximum atomic E-state index is 11.8. The summed E-state index contributed by atoms with van der Waals surface area (Å²) in [6.45, 7) is 4.29. The molecule has 0 saturated carbocycles. The van der Waals surface area contributed by atoms with E-state index < -0.39 is 0 Å². The largest absolute Gasteiger partial charge is 0.271 e. The van der Waals surface area contributed by atoms with E-state index in [0.717, 1.165) is 5.56 Å². The van der Waals surface area contributed by atoms with Crippen molar-refractivity contribution in [3.05, 3.63) is 70.2 Å². The monoisotopic (exact) mass is 300 g/mol. The highest BCUT2D eigenvalue weighted by molar-refractivity contribution is 6.30. The Balaban J connectivity index is 1.97. The zero-order valence-corrected chi connectivity index (χ0v) is 12.8. The van der Waals surface area contributed by atoms with Gasteiger partial charge < -0.3 is 0 Å². The Kier molecular flexibility index (Phi) is 5.12. The van der Waals surface area contributed by atoms with Gasteiger partial charge in [-0.05, 0) is 35.2 Å². The molecule has 0 atom stereocenters. The second-order valence-electron chi connectivity index (χ2n) is 5.03. The third kappa shape index (κ3) is 4.43. The summed E-state index contributed by atoms with van der Waals surface area (Å²) in [5.74, 6) is 0.214. The van der Waals surface area contributed by atoms with E-state index >= 15 is 0 Å². The second-order valence-corrected chi connectivity index (χ2v) is 5.47. The van der Waals surface area contributed by atoms with Crippen LogP contribution in [0.3, 0.4) is 0 Å². The number of benzene rings is 2. The standard InChI is InChI=1S/C17H17ClN2O/c1-12(2)14-8-6-13(7-9-14)11-19-20-17(21)15-4-3-5-16(18)10-15/h3-12H,1-2H3,(H,20,21)/b19-11-. The van der Waals surface area contributed by atoms with Crippen LogP contribution in [0.2, 0.25) is 5.02 Å².